The molecule has 2 aromatic heterocycles. The molecule has 0 N–H and O–H groups in total. The molecule has 0 aromatic carbocycles. The summed E-state index contributed by atoms with van der Waals surface area (Å²) in [5.41, 5.74) is 2.29. The van der Waals surface area contributed by atoms with Gasteiger partial charge in [-0.05, 0) is 39.3 Å². The van der Waals surface area contributed by atoms with Crippen molar-refractivity contribution in [2.75, 3.05) is 27.4 Å². The lowest BCUT2D eigenvalue weighted by Crippen LogP contribution is -2.16. The molecule has 9 nitrogen and oxygen atoms in total. The van der Waals surface area contributed by atoms with Gasteiger partial charge >= 0.3 is 5.97 Å². The minimum Gasteiger partial charge on any atom is -0.495 e. The first kappa shape index (κ1) is 24.9. The molecule has 1 saturated carbocycles. The summed E-state index contributed by atoms with van der Waals surface area (Å²) in [6.07, 6.45) is 8.09. The van der Waals surface area contributed by atoms with Crippen molar-refractivity contribution >= 4 is 18.0 Å². The van der Waals surface area contributed by atoms with Crippen LogP contribution in [0.4, 0.5) is 0 Å². The molecule has 180 valence electrons. The van der Waals surface area contributed by atoms with Gasteiger partial charge < -0.3 is 19.1 Å². The fourth-order valence-electron chi connectivity index (χ4n) is 3.59. The second-order valence-corrected chi connectivity index (χ2v) is 7.91. The zero-order valence-electron chi connectivity index (χ0n) is 20.1. The van der Waals surface area contributed by atoms with Crippen LogP contribution in [0.3, 0.4) is 0 Å². The van der Waals surface area contributed by atoms with E-state index >= 15 is 0 Å². The van der Waals surface area contributed by atoms with Crippen LogP contribution in [-0.4, -0.2) is 59.6 Å². The number of methoxy groups -OCH3 is 1. The van der Waals surface area contributed by atoms with E-state index in [0.29, 0.717) is 47.7 Å². The van der Waals surface area contributed by atoms with Gasteiger partial charge in [0.2, 0.25) is 12.3 Å². The van der Waals surface area contributed by atoms with E-state index in [4.69, 9.17) is 14.2 Å². The summed E-state index contributed by atoms with van der Waals surface area (Å²) in [7, 11) is 3.16. The van der Waals surface area contributed by atoms with Gasteiger partial charge in [0.05, 0.1) is 37.7 Å². The number of esters is 1. The first-order chi connectivity index (χ1) is 16.4. The van der Waals surface area contributed by atoms with Crippen molar-refractivity contribution in [3.05, 3.63) is 59.5 Å². The predicted molar refractivity (Wildman–Crippen MR) is 126 cm³/mol. The number of carbonyl (C=O) groups excluding carboxylic acids is 2. The third-order valence-corrected chi connectivity index (χ3v) is 5.47. The number of hydrogen-bond donors (Lipinski definition) is 0. The number of aromatic nitrogens is 3. The van der Waals surface area contributed by atoms with Crippen molar-refractivity contribution in [1.29, 1.82) is 0 Å². The number of allylic oxidation sites excluding steroid dienone is 1. The fourth-order valence-corrected chi connectivity index (χ4v) is 3.59. The van der Waals surface area contributed by atoms with Crippen molar-refractivity contribution < 1.29 is 23.8 Å². The summed E-state index contributed by atoms with van der Waals surface area (Å²) in [5, 5.41) is 0. The molecule has 0 spiro atoms. The molecule has 0 saturated heterocycles. The minimum absolute atomic E-state index is 0.203. The van der Waals surface area contributed by atoms with Gasteiger partial charge in [-0.3, -0.25) is 9.78 Å². The molecule has 34 heavy (non-hydrogen) atoms. The number of nitrogens with zero attached hydrogens (tertiary/aromatic N) is 4. The normalized spacial score (nSPS) is 17.7. The van der Waals surface area contributed by atoms with E-state index in [2.05, 4.69) is 15.0 Å². The lowest BCUT2D eigenvalue weighted by Gasteiger charge is -2.16. The van der Waals surface area contributed by atoms with Gasteiger partial charge in [-0.25, -0.2) is 9.78 Å². The maximum absolute atomic E-state index is 12.7. The van der Waals surface area contributed by atoms with Gasteiger partial charge in [-0.1, -0.05) is 6.08 Å². The number of rotatable bonds is 11. The SMILES string of the molecule is C/C=C(\C(=C/N(C)C=O)C(=O)OCC)c1cnc(C)nc1OCC1CC1c1ccc(OC)cn1. The highest BCUT2D eigenvalue weighted by Gasteiger charge is 2.40. The molecule has 2 aromatic rings. The summed E-state index contributed by atoms with van der Waals surface area (Å²) < 4.78 is 16.5. The van der Waals surface area contributed by atoms with E-state index in [1.807, 2.05) is 12.1 Å². The average molecular weight is 467 g/mol. The van der Waals surface area contributed by atoms with Gasteiger partial charge in [-0.2, -0.15) is 4.98 Å². The van der Waals surface area contributed by atoms with Crippen LogP contribution in [0.15, 0.2) is 42.4 Å². The van der Waals surface area contributed by atoms with Crippen molar-refractivity contribution in [2.45, 2.75) is 33.1 Å². The first-order valence-corrected chi connectivity index (χ1v) is 11.1. The third-order valence-electron chi connectivity index (χ3n) is 5.47. The molecule has 2 heterocycles. The summed E-state index contributed by atoms with van der Waals surface area (Å²) in [6, 6.07) is 3.88. The van der Waals surface area contributed by atoms with Gasteiger partial charge in [0, 0.05) is 42.5 Å². The number of hydrogen-bond acceptors (Lipinski definition) is 8. The van der Waals surface area contributed by atoms with Crippen LogP contribution in [0, 0.1) is 12.8 Å². The van der Waals surface area contributed by atoms with Gasteiger partial charge in [0.1, 0.15) is 11.6 Å². The maximum Gasteiger partial charge on any atom is 0.340 e. The standard InChI is InChI=1S/C25H30N4O5/c1-6-19(22(13-29(4)15-30)25(31)33-7-2)21-12-26-16(3)28-24(21)34-14-17-10-20(17)23-9-8-18(32-5)11-27-23/h6,8-9,11-13,15,17,20H,7,10,14H2,1-5H3/b19-6-,22-13+. The number of pyridine rings is 1. The summed E-state index contributed by atoms with van der Waals surface area (Å²) in [4.78, 5) is 38.4. The molecule has 0 aliphatic heterocycles. The quantitative estimate of drug-likeness (QED) is 0.215. The van der Waals surface area contributed by atoms with Crippen LogP contribution in [0.25, 0.3) is 5.57 Å². The first-order valence-electron chi connectivity index (χ1n) is 11.1. The van der Waals surface area contributed by atoms with Gasteiger partial charge in [0.25, 0.3) is 0 Å². The van der Waals surface area contributed by atoms with E-state index in [9.17, 15) is 9.59 Å². The Kier molecular flexibility index (Phi) is 8.34. The Morgan fingerprint density at radius 2 is 2.06 bits per heavy atom. The van der Waals surface area contributed by atoms with Crippen molar-refractivity contribution in [1.82, 2.24) is 19.9 Å². The lowest BCUT2D eigenvalue weighted by molar-refractivity contribution is -0.138. The zero-order valence-corrected chi connectivity index (χ0v) is 20.1. The van der Waals surface area contributed by atoms with Crippen LogP contribution in [0.2, 0.25) is 0 Å². The topological polar surface area (TPSA) is 104 Å². The minimum atomic E-state index is -0.552. The molecule has 1 aliphatic carbocycles. The highest BCUT2D eigenvalue weighted by Crippen LogP contribution is 2.47. The van der Waals surface area contributed by atoms with Crippen LogP contribution < -0.4 is 9.47 Å². The van der Waals surface area contributed by atoms with E-state index in [1.54, 1.807) is 53.4 Å². The van der Waals surface area contributed by atoms with Crippen LogP contribution in [0.1, 0.15) is 43.3 Å². The Morgan fingerprint density at radius 3 is 2.68 bits per heavy atom. The number of amides is 1. The molecular weight excluding hydrogens is 436 g/mol. The molecule has 0 radical (unpaired) electrons. The Labute approximate surface area is 199 Å². The molecule has 0 bridgehead atoms. The Morgan fingerprint density at radius 1 is 1.26 bits per heavy atom. The molecule has 2 atom stereocenters. The largest absolute Gasteiger partial charge is 0.495 e. The van der Waals surface area contributed by atoms with E-state index in [0.717, 1.165) is 17.9 Å². The molecule has 2 unspecified atom stereocenters. The van der Waals surface area contributed by atoms with Gasteiger partial charge in [0.15, 0.2) is 0 Å². The van der Waals surface area contributed by atoms with Crippen molar-refractivity contribution in [2.24, 2.45) is 5.92 Å². The molecular formula is C25H30N4O5. The van der Waals surface area contributed by atoms with Crippen LogP contribution in [-0.2, 0) is 14.3 Å². The second kappa shape index (κ2) is 11.4. The predicted octanol–water partition coefficient (Wildman–Crippen LogP) is 3.31. The van der Waals surface area contributed by atoms with E-state index in [1.165, 1.54) is 11.1 Å². The average Bonchev–Trinajstić information content (AvgIpc) is 3.63. The third kappa shape index (κ3) is 5.98. The van der Waals surface area contributed by atoms with E-state index < -0.39 is 5.97 Å². The second-order valence-electron chi connectivity index (χ2n) is 7.91. The molecule has 1 amide bonds. The summed E-state index contributed by atoms with van der Waals surface area (Å²) in [5.74, 6) is 1.71. The highest BCUT2D eigenvalue weighted by molar-refractivity contribution is 6.06. The maximum atomic E-state index is 12.7. The Balaban J connectivity index is 1.82. The molecule has 3 rings (SSSR count). The number of carbonyl (C=O) groups is 2. The fraction of sp³-hybridized carbons (Fsp3) is 0.400. The molecule has 1 fully saturated rings. The highest BCUT2D eigenvalue weighted by atomic mass is 16.5. The monoisotopic (exact) mass is 466 g/mol. The summed E-state index contributed by atoms with van der Waals surface area (Å²) >= 11 is 0. The zero-order chi connectivity index (χ0) is 24.7. The number of aryl methyl sites for hydroxylation is 1. The molecule has 9 heteroatoms. The summed E-state index contributed by atoms with van der Waals surface area (Å²) in [6.45, 7) is 5.94. The van der Waals surface area contributed by atoms with Gasteiger partial charge in [-0.15, -0.1) is 0 Å². The number of ether oxygens (including phenoxy) is 3. The van der Waals surface area contributed by atoms with E-state index in [-0.39, 0.29) is 12.2 Å². The Bertz CT molecular complexity index is 1080. The van der Waals surface area contributed by atoms with Crippen molar-refractivity contribution in [3.8, 4) is 11.6 Å². The molecule has 1 aliphatic rings. The van der Waals surface area contributed by atoms with Crippen LogP contribution in [0.5, 0.6) is 11.6 Å². The smallest absolute Gasteiger partial charge is 0.340 e. The lowest BCUT2D eigenvalue weighted by atomic mass is 10.00. The van der Waals surface area contributed by atoms with Crippen molar-refractivity contribution in [3.63, 3.8) is 0 Å². The van der Waals surface area contributed by atoms with Crippen LogP contribution >= 0.6 is 0 Å². The Hall–Kier alpha value is -3.75.